The lowest BCUT2D eigenvalue weighted by molar-refractivity contribution is -0.385. The molecule has 0 saturated heterocycles. The van der Waals surface area contributed by atoms with Crippen LogP contribution in [0.25, 0.3) is 0 Å². The predicted octanol–water partition coefficient (Wildman–Crippen LogP) is 5.38. The number of carboxylic acid groups (broad SMARTS) is 1. The number of nitrogens with one attached hydrogen (secondary N) is 1. The van der Waals surface area contributed by atoms with Crippen LogP contribution in [0.5, 0.6) is 5.75 Å². The second kappa shape index (κ2) is 16.5. The number of aliphatic carboxylic acids is 1. The molecule has 2 rings (SSSR count). The van der Waals surface area contributed by atoms with E-state index < -0.39 is 17.0 Å². The van der Waals surface area contributed by atoms with Gasteiger partial charge in [0, 0.05) is 42.6 Å². The van der Waals surface area contributed by atoms with E-state index in [1.807, 2.05) is 0 Å². The maximum atomic E-state index is 13.0. The molecule has 11 heteroatoms. The number of nitrogens with zero attached hydrogens (tertiary/aromatic N) is 2. The van der Waals surface area contributed by atoms with E-state index in [9.17, 15) is 24.8 Å². The molecule has 0 saturated carbocycles. The summed E-state index contributed by atoms with van der Waals surface area (Å²) in [5.41, 5.74) is 1.65. The highest BCUT2D eigenvalue weighted by Gasteiger charge is 2.19. The van der Waals surface area contributed by atoms with Crippen LogP contribution in [0.1, 0.15) is 37.8 Å². The summed E-state index contributed by atoms with van der Waals surface area (Å²) in [7, 11) is 0. The zero-order valence-corrected chi connectivity index (χ0v) is 23.0. The zero-order chi connectivity index (χ0) is 27.9. The average Bonchev–Trinajstić information content (AvgIpc) is 2.89. The van der Waals surface area contributed by atoms with E-state index in [0.717, 1.165) is 29.9 Å². The first-order valence-electron chi connectivity index (χ1n) is 12.7. The first-order valence-corrected chi connectivity index (χ1v) is 13.8. The Bertz CT molecular complexity index is 1050. The number of urea groups is 1. The summed E-state index contributed by atoms with van der Waals surface area (Å²) < 4.78 is 11.1. The van der Waals surface area contributed by atoms with Crippen LogP contribution in [0.2, 0.25) is 0 Å². The van der Waals surface area contributed by atoms with Gasteiger partial charge in [-0.1, -0.05) is 31.5 Å². The summed E-state index contributed by atoms with van der Waals surface area (Å²) in [4.78, 5) is 36.8. The molecule has 1 atom stereocenters. The number of carboxylic acids is 1. The van der Waals surface area contributed by atoms with Crippen LogP contribution in [0.3, 0.4) is 0 Å². The van der Waals surface area contributed by atoms with Gasteiger partial charge in [-0.3, -0.25) is 10.1 Å². The smallest absolute Gasteiger partial charge is 0.333 e. The van der Waals surface area contributed by atoms with Gasteiger partial charge in [-0.15, -0.1) is 0 Å². The normalized spacial score (nSPS) is 11.6. The van der Waals surface area contributed by atoms with E-state index in [1.54, 1.807) is 66.9 Å². The Labute approximate surface area is 227 Å². The van der Waals surface area contributed by atoms with Crippen LogP contribution in [0, 0.1) is 17.0 Å². The predicted molar refractivity (Wildman–Crippen MR) is 149 cm³/mol. The molecule has 0 aliphatic rings. The molecule has 0 spiro atoms. The molecule has 10 nitrogen and oxygen atoms in total. The highest BCUT2D eigenvalue weighted by atomic mass is 32.2. The Morgan fingerprint density at radius 3 is 2.50 bits per heavy atom. The van der Waals surface area contributed by atoms with Gasteiger partial charge in [-0.2, -0.15) is 11.8 Å². The second-order valence-electron chi connectivity index (χ2n) is 8.62. The first-order chi connectivity index (χ1) is 18.2. The largest absolute Gasteiger partial charge is 0.492 e. The van der Waals surface area contributed by atoms with Crippen LogP contribution in [-0.2, 0) is 16.0 Å². The highest BCUT2D eigenvalue weighted by Crippen LogP contribution is 2.22. The molecule has 2 amide bonds. The summed E-state index contributed by atoms with van der Waals surface area (Å²) in [6.07, 6.45) is 1.58. The van der Waals surface area contributed by atoms with Crippen molar-refractivity contribution in [1.82, 2.24) is 4.90 Å². The number of amides is 2. The third-order valence-corrected chi connectivity index (χ3v) is 6.76. The van der Waals surface area contributed by atoms with Crippen molar-refractivity contribution in [3.63, 3.8) is 0 Å². The molecule has 0 bridgehead atoms. The Hall–Kier alpha value is -3.31. The number of hydrogen-bond donors (Lipinski definition) is 2. The molecular formula is C27H37N3O7S. The van der Waals surface area contributed by atoms with Gasteiger partial charge in [-0.05, 0) is 49.8 Å². The maximum absolute atomic E-state index is 13.0. The SMILES string of the molecule is CCCCSCCN(CCOc1ccc(CC(OCC)C(=O)O)cc1)C(=O)Nc1ccc(C)c([N+](=O)[O-])c1. The number of carbonyl (C=O) groups is 2. The number of ether oxygens (including phenoxy) is 2. The molecule has 0 radical (unpaired) electrons. The van der Waals surface area contributed by atoms with E-state index in [1.165, 1.54) is 6.07 Å². The molecule has 208 valence electrons. The van der Waals surface area contributed by atoms with Gasteiger partial charge in [0.15, 0.2) is 6.10 Å². The standard InChI is InChI=1S/C27H37N3O7S/c1-4-6-16-38-17-14-29(27(33)28-22-10-7-20(3)24(19-22)30(34)35)13-15-37-23-11-8-21(9-12-23)18-25(26(31)32)36-5-2/h7-12,19,25H,4-6,13-18H2,1-3H3,(H,28,33)(H,31,32). The molecule has 0 aliphatic carbocycles. The fourth-order valence-electron chi connectivity index (χ4n) is 3.55. The maximum Gasteiger partial charge on any atom is 0.333 e. The second-order valence-corrected chi connectivity index (χ2v) is 9.85. The van der Waals surface area contributed by atoms with Crippen molar-refractivity contribution in [2.45, 2.75) is 46.1 Å². The lowest BCUT2D eigenvalue weighted by Crippen LogP contribution is -2.39. The highest BCUT2D eigenvalue weighted by molar-refractivity contribution is 7.99. The molecule has 0 heterocycles. The molecular weight excluding hydrogens is 510 g/mol. The van der Waals surface area contributed by atoms with Gasteiger partial charge in [0.2, 0.25) is 0 Å². The van der Waals surface area contributed by atoms with E-state index in [2.05, 4.69) is 12.2 Å². The van der Waals surface area contributed by atoms with E-state index >= 15 is 0 Å². The molecule has 2 aromatic rings. The molecule has 0 fully saturated rings. The van der Waals surface area contributed by atoms with Gasteiger partial charge in [0.1, 0.15) is 12.4 Å². The lowest BCUT2D eigenvalue weighted by Gasteiger charge is -2.23. The van der Waals surface area contributed by atoms with Crippen molar-refractivity contribution in [2.75, 3.05) is 43.1 Å². The van der Waals surface area contributed by atoms with Gasteiger partial charge < -0.3 is 24.8 Å². The molecule has 38 heavy (non-hydrogen) atoms. The fraction of sp³-hybridized carbons (Fsp3) is 0.481. The number of benzene rings is 2. The molecule has 1 unspecified atom stereocenters. The van der Waals surface area contributed by atoms with Gasteiger partial charge in [0.25, 0.3) is 5.69 Å². The van der Waals surface area contributed by atoms with Gasteiger partial charge in [-0.25, -0.2) is 9.59 Å². The fourth-order valence-corrected chi connectivity index (χ4v) is 4.60. The van der Waals surface area contributed by atoms with E-state index in [0.29, 0.717) is 36.7 Å². The summed E-state index contributed by atoms with van der Waals surface area (Å²) >= 11 is 1.78. The Morgan fingerprint density at radius 1 is 1.13 bits per heavy atom. The third-order valence-electron chi connectivity index (χ3n) is 5.71. The number of aryl methyl sites for hydroxylation is 1. The van der Waals surface area contributed by atoms with Gasteiger partial charge in [0.05, 0.1) is 11.5 Å². The van der Waals surface area contributed by atoms with Crippen LogP contribution < -0.4 is 10.1 Å². The molecule has 0 aliphatic heterocycles. The number of nitro benzene ring substituents is 1. The Balaban J connectivity index is 1.97. The number of nitro groups is 1. The Morgan fingerprint density at radius 2 is 1.87 bits per heavy atom. The van der Waals surface area contributed by atoms with Crippen molar-refractivity contribution >= 4 is 35.1 Å². The summed E-state index contributed by atoms with van der Waals surface area (Å²) in [5.74, 6) is 1.38. The minimum atomic E-state index is -1.00. The third kappa shape index (κ3) is 10.6. The summed E-state index contributed by atoms with van der Waals surface area (Å²) in [6, 6.07) is 11.4. The van der Waals surface area contributed by atoms with Crippen LogP contribution >= 0.6 is 11.8 Å². The minimum absolute atomic E-state index is 0.0489. The topological polar surface area (TPSA) is 131 Å². The van der Waals surface area contributed by atoms with E-state index in [-0.39, 0.29) is 24.7 Å². The van der Waals surface area contributed by atoms with Crippen LogP contribution in [0.15, 0.2) is 42.5 Å². The minimum Gasteiger partial charge on any atom is -0.492 e. The number of thioether (sulfide) groups is 1. The lowest BCUT2D eigenvalue weighted by atomic mass is 10.1. The number of hydrogen-bond acceptors (Lipinski definition) is 7. The average molecular weight is 548 g/mol. The quantitative estimate of drug-likeness (QED) is 0.153. The first kappa shape index (κ1) is 30.9. The van der Waals surface area contributed by atoms with Crippen molar-refractivity contribution in [3.8, 4) is 5.75 Å². The molecule has 2 aromatic carbocycles. The molecule has 2 N–H and O–H groups in total. The van der Waals surface area contributed by atoms with E-state index in [4.69, 9.17) is 9.47 Å². The molecule has 0 aromatic heterocycles. The number of unbranched alkanes of at least 4 members (excludes halogenated alkanes) is 1. The Kier molecular flexibility index (Phi) is 13.4. The summed E-state index contributed by atoms with van der Waals surface area (Å²) in [6.45, 7) is 6.93. The number of anilines is 1. The van der Waals surface area contributed by atoms with Crippen molar-refractivity contribution in [3.05, 3.63) is 63.7 Å². The van der Waals surface area contributed by atoms with Crippen molar-refractivity contribution < 1.29 is 29.1 Å². The van der Waals surface area contributed by atoms with Gasteiger partial charge >= 0.3 is 12.0 Å². The monoisotopic (exact) mass is 547 g/mol. The number of carbonyl (C=O) groups excluding carboxylic acids is 1. The summed E-state index contributed by atoms with van der Waals surface area (Å²) in [5, 5.41) is 23.3. The van der Waals surface area contributed by atoms with Crippen LogP contribution in [-0.4, -0.2) is 70.8 Å². The number of rotatable bonds is 17. The zero-order valence-electron chi connectivity index (χ0n) is 22.2. The van der Waals surface area contributed by atoms with Crippen molar-refractivity contribution in [1.29, 1.82) is 0 Å². The van der Waals surface area contributed by atoms with Crippen molar-refractivity contribution in [2.24, 2.45) is 0 Å². The van der Waals surface area contributed by atoms with Crippen LogP contribution in [0.4, 0.5) is 16.2 Å².